The standard InChI is InChI=1S/C24H26N6O3/c1-3-24(19-10-6-4-7-11-19)22(32)30(23(33)26-24)27-21(31)17-28(2)15-18-14-25-29(16-18)20-12-8-5-9-13-20/h4-14,16H,3,15,17H2,1-2H3,(H,26,33)(H,27,31)/t24-/m1/s1. The third-order valence-corrected chi connectivity index (χ3v) is 5.65. The van der Waals surface area contributed by atoms with Crippen LogP contribution in [0.1, 0.15) is 24.5 Å². The highest BCUT2D eigenvalue weighted by Gasteiger charge is 2.52. The summed E-state index contributed by atoms with van der Waals surface area (Å²) in [7, 11) is 1.78. The molecule has 0 bridgehead atoms. The first kappa shape index (κ1) is 22.2. The van der Waals surface area contributed by atoms with Crippen molar-refractivity contribution in [1.29, 1.82) is 0 Å². The van der Waals surface area contributed by atoms with Crippen LogP contribution in [-0.2, 0) is 21.7 Å². The molecule has 0 aliphatic carbocycles. The summed E-state index contributed by atoms with van der Waals surface area (Å²) >= 11 is 0. The van der Waals surface area contributed by atoms with Gasteiger partial charge in [0.15, 0.2) is 0 Å². The van der Waals surface area contributed by atoms with Gasteiger partial charge in [0.05, 0.1) is 18.4 Å². The zero-order valence-corrected chi connectivity index (χ0v) is 18.6. The van der Waals surface area contributed by atoms with Crippen molar-refractivity contribution in [2.24, 2.45) is 0 Å². The summed E-state index contributed by atoms with van der Waals surface area (Å²) in [5, 5.41) is 7.89. The van der Waals surface area contributed by atoms with Gasteiger partial charge in [0.25, 0.3) is 11.8 Å². The van der Waals surface area contributed by atoms with E-state index in [1.807, 2.05) is 61.7 Å². The number of aromatic nitrogens is 2. The SMILES string of the molecule is CC[C@]1(c2ccccc2)NC(=O)N(NC(=O)CN(C)Cc2cnn(-c3ccccc3)c2)C1=O. The summed E-state index contributed by atoms with van der Waals surface area (Å²) in [6, 6.07) is 18.1. The van der Waals surface area contributed by atoms with E-state index in [0.717, 1.165) is 16.3 Å². The number of urea groups is 1. The maximum absolute atomic E-state index is 13.1. The summed E-state index contributed by atoms with van der Waals surface area (Å²) in [6.45, 7) is 2.29. The average molecular weight is 447 g/mol. The number of hydrazine groups is 1. The number of amides is 4. The minimum absolute atomic E-state index is 0.00195. The van der Waals surface area contributed by atoms with E-state index in [2.05, 4.69) is 15.8 Å². The van der Waals surface area contributed by atoms with E-state index < -0.39 is 23.4 Å². The fourth-order valence-electron chi connectivity index (χ4n) is 3.98. The molecule has 2 N–H and O–H groups in total. The van der Waals surface area contributed by atoms with Crippen molar-refractivity contribution in [2.45, 2.75) is 25.4 Å². The van der Waals surface area contributed by atoms with Crippen molar-refractivity contribution >= 4 is 17.8 Å². The lowest BCUT2D eigenvalue weighted by atomic mass is 9.87. The normalized spacial score (nSPS) is 18.0. The number of benzene rings is 2. The molecule has 9 heteroatoms. The van der Waals surface area contributed by atoms with Crippen molar-refractivity contribution in [3.8, 4) is 5.69 Å². The Kier molecular flexibility index (Phi) is 6.23. The van der Waals surface area contributed by atoms with Gasteiger partial charge in [-0.2, -0.15) is 10.1 Å². The number of carbonyl (C=O) groups is 3. The smallest absolute Gasteiger partial charge is 0.318 e. The maximum atomic E-state index is 13.1. The fraction of sp³-hybridized carbons (Fsp3) is 0.250. The third kappa shape index (κ3) is 4.49. The van der Waals surface area contributed by atoms with Gasteiger partial charge in [-0.1, -0.05) is 55.5 Å². The van der Waals surface area contributed by atoms with Gasteiger partial charge in [0, 0.05) is 18.3 Å². The van der Waals surface area contributed by atoms with Crippen molar-refractivity contribution < 1.29 is 14.4 Å². The van der Waals surface area contributed by atoms with E-state index in [0.29, 0.717) is 18.5 Å². The number of nitrogens with one attached hydrogen (secondary N) is 2. The van der Waals surface area contributed by atoms with E-state index >= 15 is 0 Å². The number of likely N-dealkylation sites (N-methyl/N-ethyl adjacent to an activating group) is 1. The number of hydrogen-bond donors (Lipinski definition) is 2. The lowest BCUT2D eigenvalue weighted by Crippen LogP contribution is -2.50. The van der Waals surface area contributed by atoms with Crippen molar-refractivity contribution in [3.05, 3.63) is 84.2 Å². The number of nitrogens with zero attached hydrogens (tertiary/aromatic N) is 4. The first-order chi connectivity index (χ1) is 15.9. The molecule has 170 valence electrons. The molecule has 1 atom stereocenters. The lowest BCUT2D eigenvalue weighted by molar-refractivity contribution is -0.139. The van der Waals surface area contributed by atoms with Gasteiger partial charge in [0.1, 0.15) is 5.54 Å². The molecule has 1 fully saturated rings. The van der Waals surface area contributed by atoms with Crippen LogP contribution in [0.5, 0.6) is 0 Å². The maximum Gasteiger partial charge on any atom is 0.344 e. The Labute approximate surface area is 192 Å². The molecule has 33 heavy (non-hydrogen) atoms. The van der Waals surface area contributed by atoms with E-state index in [-0.39, 0.29) is 6.54 Å². The van der Waals surface area contributed by atoms with Gasteiger partial charge in [-0.3, -0.25) is 19.9 Å². The van der Waals surface area contributed by atoms with E-state index in [4.69, 9.17) is 0 Å². The van der Waals surface area contributed by atoms with Gasteiger partial charge < -0.3 is 5.32 Å². The van der Waals surface area contributed by atoms with Gasteiger partial charge >= 0.3 is 6.03 Å². The van der Waals surface area contributed by atoms with E-state index in [1.54, 1.807) is 35.0 Å². The molecule has 2 aromatic carbocycles. The van der Waals surface area contributed by atoms with Crippen LogP contribution in [0.2, 0.25) is 0 Å². The quantitative estimate of drug-likeness (QED) is 0.517. The van der Waals surface area contributed by atoms with Crippen LogP contribution >= 0.6 is 0 Å². The predicted molar refractivity (Wildman–Crippen MR) is 122 cm³/mol. The first-order valence-electron chi connectivity index (χ1n) is 10.7. The molecule has 0 radical (unpaired) electrons. The van der Waals surface area contributed by atoms with Gasteiger partial charge in [-0.25, -0.2) is 9.48 Å². The lowest BCUT2D eigenvalue weighted by Gasteiger charge is -2.25. The fourth-order valence-corrected chi connectivity index (χ4v) is 3.98. The zero-order valence-electron chi connectivity index (χ0n) is 18.6. The minimum Gasteiger partial charge on any atom is -0.318 e. The molecule has 3 aromatic rings. The van der Waals surface area contributed by atoms with Crippen LogP contribution in [0.3, 0.4) is 0 Å². The van der Waals surface area contributed by atoms with E-state index in [1.165, 1.54) is 0 Å². The first-order valence-corrected chi connectivity index (χ1v) is 10.7. The Morgan fingerprint density at radius 2 is 1.76 bits per heavy atom. The molecule has 9 nitrogen and oxygen atoms in total. The molecule has 1 aromatic heterocycles. The molecule has 0 saturated carbocycles. The summed E-state index contributed by atoms with van der Waals surface area (Å²) in [5.74, 6) is -0.960. The number of imide groups is 1. The third-order valence-electron chi connectivity index (χ3n) is 5.65. The second kappa shape index (κ2) is 9.25. The second-order valence-corrected chi connectivity index (χ2v) is 8.03. The number of hydrogen-bond acceptors (Lipinski definition) is 5. The average Bonchev–Trinajstić information content (AvgIpc) is 3.38. The zero-order chi connectivity index (χ0) is 23.4. The molecular formula is C24H26N6O3. The summed E-state index contributed by atoms with van der Waals surface area (Å²) in [4.78, 5) is 40.0. The molecule has 2 heterocycles. The van der Waals surface area contributed by atoms with E-state index in [9.17, 15) is 14.4 Å². The second-order valence-electron chi connectivity index (χ2n) is 8.03. The highest BCUT2D eigenvalue weighted by Crippen LogP contribution is 2.31. The van der Waals surface area contributed by atoms with Crippen LogP contribution in [0, 0.1) is 0 Å². The Hall–Kier alpha value is -3.98. The largest absolute Gasteiger partial charge is 0.344 e. The molecule has 1 saturated heterocycles. The molecule has 4 rings (SSSR count). The highest BCUT2D eigenvalue weighted by atomic mass is 16.2. The summed E-state index contributed by atoms with van der Waals surface area (Å²) < 4.78 is 1.77. The van der Waals surface area contributed by atoms with Gasteiger partial charge in [-0.05, 0) is 31.2 Å². The van der Waals surface area contributed by atoms with Crippen molar-refractivity contribution in [1.82, 2.24) is 30.4 Å². The monoisotopic (exact) mass is 446 g/mol. The molecule has 1 aliphatic heterocycles. The van der Waals surface area contributed by atoms with Crippen LogP contribution in [0.4, 0.5) is 4.79 Å². The van der Waals surface area contributed by atoms with Gasteiger partial charge in [0.2, 0.25) is 0 Å². The molecular weight excluding hydrogens is 420 g/mol. The Bertz CT molecular complexity index is 1150. The predicted octanol–water partition coefficient (Wildman–Crippen LogP) is 2.19. The van der Waals surface area contributed by atoms with Crippen molar-refractivity contribution in [3.63, 3.8) is 0 Å². The summed E-state index contributed by atoms with van der Waals surface area (Å²) in [5.41, 5.74) is 3.81. The Morgan fingerprint density at radius 1 is 1.09 bits per heavy atom. The molecule has 0 unspecified atom stereocenters. The summed E-state index contributed by atoms with van der Waals surface area (Å²) in [6.07, 6.45) is 4.00. The van der Waals surface area contributed by atoms with Crippen LogP contribution in [-0.4, -0.2) is 51.1 Å². The number of para-hydroxylation sites is 1. The topological polar surface area (TPSA) is 99.6 Å². The highest BCUT2D eigenvalue weighted by molar-refractivity contribution is 6.08. The molecule has 1 aliphatic rings. The van der Waals surface area contributed by atoms with Crippen LogP contribution < -0.4 is 10.7 Å². The van der Waals surface area contributed by atoms with Crippen LogP contribution in [0.25, 0.3) is 5.69 Å². The molecule has 4 amide bonds. The van der Waals surface area contributed by atoms with Crippen molar-refractivity contribution in [2.75, 3.05) is 13.6 Å². The minimum atomic E-state index is -1.19. The van der Waals surface area contributed by atoms with Crippen LogP contribution in [0.15, 0.2) is 73.1 Å². The number of carbonyl (C=O) groups excluding carboxylic acids is 3. The Balaban J connectivity index is 1.37. The Morgan fingerprint density at radius 3 is 2.42 bits per heavy atom. The van der Waals surface area contributed by atoms with Gasteiger partial charge in [-0.15, -0.1) is 0 Å². The number of rotatable bonds is 8. The molecule has 0 spiro atoms.